The zero-order valence-electron chi connectivity index (χ0n) is 10.4. The number of carbonyl (C=O) groups is 1. The van der Waals surface area contributed by atoms with E-state index in [0.717, 1.165) is 18.7 Å². The molecule has 2 atom stereocenters. The Bertz CT molecular complexity index is 348. The standard InChI is InChI=1S/C13H21N3O/c1-2-3-4-10-9-11(10)13(17)16-6-5-12-14-7-8-15-12/h7-8,10-11H,2-6,9H2,1H3,(H,14,15)(H,16,17)/t10-,11+/m1/s1. The monoisotopic (exact) mass is 235 g/mol. The molecule has 1 saturated carbocycles. The van der Waals surface area contributed by atoms with Crippen LogP contribution in [0.1, 0.15) is 38.4 Å². The van der Waals surface area contributed by atoms with Crippen molar-refractivity contribution in [2.24, 2.45) is 11.8 Å². The number of nitrogens with zero attached hydrogens (tertiary/aromatic N) is 1. The van der Waals surface area contributed by atoms with E-state index in [1.807, 2.05) is 0 Å². The van der Waals surface area contributed by atoms with Crippen LogP contribution in [0.3, 0.4) is 0 Å². The molecule has 94 valence electrons. The highest BCUT2D eigenvalue weighted by molar-refractivity contribution is 5.81. The molecule has 0 spiro atoms. The summed E-state index contributed by atoms with van der Waals surface area (Å²) in [6.07, 6.45) is 9.10. The Hall–Kier alpha value is -1.32. The molecule has 2 N–H and O–H groups in total. The number of rotatable bonds is 7. The average molecular weight is 235 g/mol. The van der Waals surface area contributed by atoms with E-state index in [4.69, 9.17) is 0 Å². The lowest BCUT2D eigenvalue weighted by atomic mass is 10.1. The Balaban J connectivity index is 1.59. The summed E-state index contributed by atoms with van der Waals surface area (Å²) in [5, 5.41) is 2.99. The molecule has 1 aromatic rings. The third-order valence-electron chi connectivity index (χ3n) is 3.40. The van der Waals surface area contributed by atoms with Gasteiger partial charge in [0.2, 0.25) is 5.91 Å². The number of imidazole rings is 1. The van der Waals surface area contributed by atoms with E-state index in [1.54, 1.807) is 12.4 Å². The summed E-state index contributed by atoms with van der Waals surface area (Å²) in [7, 11) is 0. The molecule has 1 aliphatic rings. The second kappa shape index (κ2) is 5.84. The molecule has 0 aliphatic heterocycles. The summed E-state index contributed by atoms with van der Waals surface area (Å²) in [6.45, 7) is 2.88. The van der Waals surface area contributed by atoms with E-state index >= 15 is 0 Å². The lowest BCUT2D eigenvalue weighted by Gasteiger charge is -2.03. The van der Waals surface area contributed by atoms with E-state index < -0.39 is 0 Å². The first-order valence-corrected chi connectivity index (χ1v) is 6.57. The van der Waals surface area contributed by atoms with Crippen LogP contribution in [0.2, 0.25) is 0 Å². The summed E-state index contributed by atoms with van der Waals surface area (Å²) >= 11 is 0. The maximum absolute atomic E-state index is 11.8. The Morgan fingerprint density at radius 3 is 3.24 bits per heavy atom. The van der Waals surface area contributed by atoms with E-state index in [9.17, 15) is 4.79 Å². The zero-order valence-corrected chi connectivity index (χ0v) is 10.4. The predicted octanol–water partition coefficient (Wildman–Crippen LogP) is 1.89. The summed E-state index contributed by atoms with van der Waals surface area (Å²) in [5.41, 5.74) is 0. The van der Waals surface area contributed by atoms with Crippen LogP contribution >= 0.6 is 0 Å². The molecule has 0 aromatic carbocycles. The molecule has 0 bridgehead atoms. The van der Waals surface area contributed by atoms with E-state index in [-0.39, 0.29) is 11.8 Å². The number of unbranched alkanes of at least 4 members (excludes halogenated alkanes) is 1. The quantitative estimate of drug-likeness (QED) is 0.758. The molecule has 1 aromatic heterocycles. The Morgan fingerprint density at radius 1 is 1.65 bits per heavy atom. The molecule has 0 radical (unpaired) electrons. The van der Waals surface area contributed by atoms with Gasteiger partial charge in [0.15, 0.2) is 0 Å². The highest BCUT2D eigenvalue weighted by atomic mass is 16.2. The zero-order chi connectivity index (χ0) is 12.1. The molecule has 1 aliphatic carbocycles. The Kier molecular flexibility index (Phi) is 4.18. The molecule has 0 saturated heterocycles. The van der Waals surface area contributed by atoms with Gasteiger partial charge >= 0.3 is 0 Å². The van der Waals surface area contributed by atoms with Crippen LogP contribution in [0.4, 0.5) is 0 Å². The average Bonchev–Trinajstić information content (AvgIpc) is 2.93. The van der Waals surface area contributed by atoms with Gasteiger partial charge in [-0.2, -0.15) is 0 Å². The fourth-order valence-corrected chi connectivity index (χ4v) is 2.22. The van der Waals surface area contributed by atoms with Gasteiger partial charge in [-0.3, -0.25) is 4.79 Å². The van der Waals surface area contributed by atoms with Gasteiger partial charge in [-0.15, -0.1) is 0 Å². The molecule has 0 unspecified atom stereocenters. The third-order valence-corrected chi connectivity index (χ3v) is 3.40. The number of aromatic amines is 1. The number of hydrogen-bond acceptors (Lipinski definition) is 2. The van der Waals surface area contributed by atoms with Gasteiger partial charge in [0.1, 0.15) is 5.82 Å². The van der Waals surface area contributed by atoms with Crippen molar-refractivity contribution in [3.8, 4) is 0 Å². The smallest absolute Gasteiger partial charge is 0.223 e. The molecule has 1 amide bonds. The number of nitrogens with one attached hydrogen (secondary N) is 2. The lowest BCUT2D eigenvalue weighted by molar-refractivity contribution is -0.122. The van der Waals surface area contributed by atoms with Crippen molar-refractivity contribution in [2.45, 2.75) is 39.0 Å². The van der Waals surface area contributed by atoms with Crippen LogP contribution < -0.4 is 5.32 Å². The first kappa shape index (κ1) is 12.1. The maximum atomic E-state index is 11.8. The van der Waals surface area contributed by atoms with Crippen molar-refractivity contribution in [1.29, 1.82) is 0 Å². The molecule has 17 heavy (non-hydrogen) atoms. The predicted molar refractivity (Wildman–Crippen MR) is 66.4 cm³/mol. The number of hydrogen-bond donors (Lipinski definition) is 2. The molecule has 2 rings (SSSR count). The van der Waals surface area contributed by atoms with Crippen molar-refractivity contribution in [2.75, 3.05) is 6.54 Å². The summed E-state index contributed by atoms with van der Waals surface area (Å²) in [6, 6.07) is 0. The SMILES string of the molecule is CCCC[C@@H]1C[C@@H]1C(=O)NCCc1ncc[nH]1. The topological polar surface area (TPSA) is 57.8 Å². The molecule has 1 heterocycles. The van der Waals surface area contributed by atoms with Gasteiger partial charge in [0.25, 0.3) is 0 Å². The van der Waals surface area contributed by atoms with Gasteiger partial charge in [-0.05, 0) is 18.8 Å². The minimum Gasteiger partial charge on any atom is -0.355 e. The number of amides is 1. The van der Waals surface area contributed by atoms with Gasteiger partial charge in [-0.25, -0.2) is 4.98 Å². The van der Waals surface area contributed by atoms with Crippen molar-refractivity contribution in [3.63, 3.8) is 0 Å². The van der Waals surface area contributed by atoms with Crippen LogP contribution in [-0.2, 0) is 11.2 Å². The Labute approximate surface area is 102 Å². The third kappa shape index (κ3) is 3.58. The van der Waals surface area contributed by atoms with Crippen molar-refractivity contribution in [1.82, 2.24) is 15.3 Å². The minimum absolute atomic E-state index is 0.234. The second-order valence-electron chi connectivity index (χ2n) is 4.82. The highest BCUT2D eigenvalue weighted by Crippen LogP contribution is 2.42. The van der Waals surface area contributed by atoms with Crippen LogP contribution in [-0.4, -0.2) is 22.4 Å². The van der Waals surface area contributed by atoms with Crippen LogP contribution in [0.5, 0.6) is 0 Å². The highest BCUT2D eigenvalue weighted by Gasteiger charge is 2.41. The fraction of sp³-hybridized carbons (Fsp3) is 0.692. The van der Waals surface area contributed by atoms with Crippen molar-refractivity contribution in [3.05, 3.63) is 18.2 Å². The number of H-pyrrole nitrogens is 1. The second-order valence-corrected chi connectivity index (χ2v) is 4.82. The van der Waals surface area contributed by atoms with Crippen molar-refractivity contribution < 1.29 is 4.79 Å². The van der Waals surface area contributed by atoms with Crippen molar-refractivity contribution >= 4 is 5.91 Å². The first-order chi connectivity index (χ1) is 8.31. The molecule has 4 heteroatoms. The van der Waals surface area contributed by atoms with Gasteiger partial charge in [0, 0.05) is 31.3 Å². The Morgan fingerprint density at radius 2 is 2.53 bits per heavy atom. The normalized spacial score (nSPS) is 22.4. The fourth-order valence-electron chi connectivity index (χ4n) is 2.22. The van der Waals surface area contributed by atoms with Crippen LogP contribution in [0, 0.1) is 11.8 Å². The van der Waals surface area contributed by atoms with Crippen LogP contribution in [0.25, 0.3) is 0 Å². The summed E-state index contributed by atoms with van der Waals surface area (Å²) < 4.78 is 0. The minimum atomic E-state index is 0.234. The van der Waals surface area contributed by atoms with Gasteiger partial charge in [-0.1, -0.05) is 19.8 Å². The molecular weight excluding hydrogens is 214 g/mol. The van der Waals surface area contributed by atoms with Gasteiger partial charge in [0.05, 0.1) is 0 Å². The summed E-state index contributed by atoms with van der Waals surface area (Å²) in [5.74, 6) is 2.11. The van der Waals surface area contributed by atoms with E-state index in [1.165, 1.54) is 19.3 Å². The molecule has 1 fully saturated rings. The molecular formula is C13H21N3O. The van der Waals surface area contributed by atoms with E-state index in [2.05, 4.69) is 22.2 Å². The van der Waals surface area contributed by atoms with Gasteiger partial charge < -0.3 is 10.3 Å². The largest absolute Gasteiger partial charge is 0.355 e. The lowest BCUT2D eigenvalue weighted by Crippen LogP contribution is -2.27. The number of carbonyl (C=O) groups excluding carboxylic acids is 1. The maximum Gasteiger partial charge on any atom is 0.223 e. The van der Waals surface area contributed by atoms with Crippen LogP contribution in [0.15, 0.2) is 12.4 Å². The number of aromatic nitrogens is 2. The summed E-state index contributed by atoms with van der Waals surface area (Å²) in [4.78, 5) is 18.9. The molecule has 4 nitrogen and oxygen atoms in total. The first-order valence-electron chi connectivity index (χ1n) is 6.57. The van der Waals surface area contributed by atoms with E-state index in [0.29, 0.717) is 12.5 Å².